The van der Waals surface area contributed by atoms with E-state index in [1.54, 1.807) is 4.90 Å². The molecule has 0 aromatic carbocycles. The van der Waals surface area contributed by atoms with Gasteiger partial charge in [0.05, 0.1) is 5.92 Å². The van der Waals surface area contributed by atoms with Crippen LogP contribution < -0.4 is 5.73 Å². The number of nitrogens with zero attached hydrogens (tertiary/aromatic N) is 1. The Hall–Kier alpha value is -1.59. The van der Waals surface area contributed by atoms with Gasteiger partial charge in [-0.3, -0.25) is 14.4 Å². The summed E-state index contributed by atoms with van der Waals surface area (Å²) in [6, 6.07) is 0. The fourth-order valence-electron chi connectivity index (χ4n) is 2.40. The highest BCUT2D eigenvalue weighted by Crippen LogP contribution is 2.38. The van der Waals surface area contributed by atoms with Crippen LogP contribution in [0.15, 0.2) is 0 Å². The highest BCUT2D eigenvalue weighted by atomic mass is 16.5. The van der Waals surface area contributed by atoms with E-state index in [2.05, 4.69) is 0 Å². The van der Waals surface area contributed by atoms with Gasteiger partial charge in [0.15, 0.2) is 6.61 Å². The van der Waals surface area contributed by atoms with Gasteiger partial charge in [-0.15, -0.1) is 0 Å². The summed E-state index contributed by atoms with van der Waals surface area (Å²) in [4.78, 5) is 36.0. The zero-order chi connectivity index (χ0) is 14.0. The van der Waals surface area contributed by atoms with Crippen molar-refractivity contribution in [2.24, 2.45) is 23.5 Å². The summed E-state index contributed by atoms with van der Waals surface area (Å²) in [7, 11) is 0. The number of hydrogen-bond donors (Lipinski definition) is 1. The van der Waals surface area contributed by atoms with Crippen LogP contribution in [0.4, 0.5) is 0 Å². The van der Waals surface area contributed by atoms with E-state index in [-0.39, 0.29) is 36.2 Å². The lowest BCUT2D eigenvalue weighted by Gasteiger charge is -2.30. The van der Waals surface area contributed by atoms with E-state index < -0.39 is 0 Å². The lowest BCUT2D eigenvalue weighted by molar-refractivity contribution is -0.154. The standard InChI is InChI=1S/C13H20N2O4/c1-8-6-10(8)13(18)19-7-11(16)15-4-2-9(3-5-15)12(14)17/h8-10H,2-7H2,1H3,(H2,14,17)/t8-,10-/m0/s1. The topological polar surface area (TPSA) is 89.7 Å². The average Bonchev–Trinajstić information content (AvgIpc) is 3.13. The molecule has 0 radical (unpaired) electrons. The summed E-state index contributed by atoms with van der Waals surface area (Å²) in [5.41, 5.74) is 5.23. The molecule has 2 fully saturated rings. The first-order chi connectivity index (χ1) is 8.99. The van der Waals surface area contributed by atoms with Crippen molar-refractivity contribution in [3.05, 3.63) is 0 Å². The minimum atomic E-state index is -0.304. The maximum absolute atomic E-state index is 11.8. The molecule has 2 N–H and O–H groups in total. The Balaban J connectivity index is 1.69. The van der Waals surface area contributed by atoms with Crippen LogP contribution in [0, 0.1) is 17.8 Å². The third-order valence-electron chi connectivity index (χ3n) is 4.00. The molecule has 0 aromatic rings. The Morgan fingerprint density at radius 2 is 1.84 bits per heavy atom. The van der Waals surface area contributed by atoms with Crippen LogP contribution in [-0.4, -0.2) is 42.4 Å². The molecule has 2 amide bonds. The van der Waals surface area contributed by atoms with Crippen LogP contribution in [0.5, 0.6) is 0 Å². The van der Waals surface area contributed by atoms with Crippen molar-refractivity contribution in [3.63, 3.8) is 0 Å². The largest absolute Gasteiger partial charge is 0.455 e. The van der Waals surface area contributed by atoms with Crippen molar-refractivity contribution in [2.75, 3.05) is 19.7 Å². The second kappa shape index (κ2) is 5.59. The maximum atomic E-state index is 11.8. The van der Waals surface area contributed by atoms with Crippen LogP contribution in [0.25, 0.3) is 0 Å². The summed E-state index contributed by atoms with van der Waals surface area (Å²) < 4.78 is 5.00. The molecular weight excluding hydrogens is 248 g/mol. The van der Waals surface area contributed by atoms with Crippen molar-refractivity contribution >= 4 is 17.8 Å². The lowest BCUT2D eigenvalue weighted by atomic mass is 9.96. The van der Waals surface area contributed by atoms with E-state index >= 15 is 0 Å². The number of rotatable bonds is 4. The van der Waals surface area contributed by atoms with Crippen molar-refractivity contribution in [1.29, 1.82) is 0 Å². The van der Waals surface area contributed by atoms with Crippen molar-refractivity contribution in [3.8, 4) is 0 Å². The number of piperidine rings is 1. The molecule has 1 heterocycles. The summed E-state index contributed by atoms with van der Waals surface area (Å²) in [5.74, 6) is -0.542. The Morgan fingerprint density at radius 1 is 1.26 bits per heavy atom. The van der Waals surface area contributed by atoms with E-state index in [0.717, 1.165) is 6.42 Å². The van der Waals surface area contributed by atoms with E-state index in [4.69, 9.17) is 10.5 Å². The third-order valence-corrected chi connectivity index (χ3v) is 4.00. The van der Waals surface area contributed by atoms with Gasteiger partial charge in [-0.2, -0.15) is 0 Å². The zero-order valence-electron chi connectivity index (χ0n) is 11.1. The fourth-order valence-corrected chi connectivity index (χ4v) is 2.40. The summed E-state index contributed by atoms with van der Waals surface area (Å²) in [6.45, 7) is 2.80. The molecule has 0 unspecified atom stereocenters. The maximum Gasteiger partial charge on any atom is 0.309 e. The number of amides is 2. The number of ether oxygens (including phenoxy) is 1. The van der Waals surface area contributed by atoms with E-state index in [9.17, 15) is 14.4 Å². The molecular formula is C13H20N2O4. The molecule has 0 spiro atoms. The molecule has 106 valence electrons. The van der Waals surface area contributed by atoms with E-state index in [1.165, 1.54) is 0 Å². The van der Waals surface area contributed by atoms with Crippen LogP contribution in [0.3, 0.4) is 0 Å². The molecule has 19 heavy (non-hydrogen) atoms. The second-order valence-corrected chi connectivity index (χ2v) is 5.48. The Bertz CT molecular complexity index is 388. The highest BCUT2D eigenvalue weighted by molar-refractivity contribution is 5.83. The smallest absolute Gasteiger partial charge is 0.309 e. The first kappa shape index (κ1) is 13.8. The van der Waals surface area contributed by atoms with Gasteiger partial charge < -0.3 is 15.4 Å². The SMILES string of the molecule is C[C@H]1C[C@@H]1C(=O)OCC(=O)N1CCC(C(N)=O)CC1. The molecule has 6 nitrogen and oxygen atoms in total. The summed E-state index contributed by atoms with van der Waals surface area (Å²) >= 11 is 0. The monoisotopic (exact) mass is 268 g/mol. The molecule has 0 bridgehead atoms. The first-order valence-corrected chi connectivity index (χ1v) is 6.72. The molecule has 1 saturated heterocycles. The number of primary amides is 1. The van der Waals surface area contributed by atoms with Gasteiger partial charge in [-0.05, 0) is 25.2 Å². The number of likely N-dealkylation sites (tertiary alicyclic amines) is 1. The zero-order valence-corrected chi connectivity index (χ0v) is 11.1. The quantitative estimate of drug-likeness (QED) is 0.721. The first-order valence-electron chi connectivity index (χ1n) is 6.72. The van der Waals surface area contributed by atoms with Gasteiger partial charge in [0, 0.05) is 19.0 Å². The molecule has 1 aliphatic heterocycles. The van der Waals surface area contributed by atoms with Crippen LogP contribution in [0.2, 0.25) is 0 Å². The predicted octanol–water partition coefficient (Wildman–Crippen LogP) is -0.0905. The minimum absolute atomic E-state index is 0.0200. The Morgan fingerprint density at radius 3 is 2.32 bits per heavy atom. The normalized spacial score (nSPS) is 26.9. The van der Waals surface area contributed by atoms with Gasteiger partial charge in [0.2, 0.25) is 5.91 Å². The molecule has 2 atom stereocenters. The third kappa shape index (κ3) is 3.45. The van der Waals surface area contributed by atoms with E-state index in [0.29, 0.717) is 31.8 Å². The predicted molar refractivity (Wildman–Crippen MR) is 66.7 cm³/mol. The van der Waals surface area contributed by atoms with Gasteiger partial charge in [-0.1, -0.05) is 6.92 Å². The molecule has 0 aromatic heterocycles. The Labute approximate surface area is 112 Å². The van der Waals surface area contributed by atoms with Crippen molar-refractivity contribution < 1.29 is 19.1 Å². The number of hydrogen-bond acceptors (Lipinski definition) is 4. The van der Waals surface area contributed by atoms with Gasteiger partial charge in [0.25, 0.3) is 5.91 Å². The minimum Gasteiger partial charge on any atom is -0.455 e. The molecule has 2 aliphatic rings. The Kier molecular flexibility index (Phi) is 4.07. The number of esters is 1. The second-order valence-electron chi connectivity index (χ2n) is 5.48. The molecule has 2 rings (SSSR count). The van der Waals surface area contributed by atoms with E-state index in [1.807, 2.05) is 6.92 Å². The molecule has 1 saturated carbocycles. The van der Waals surface area contributed by atoms with Crippen LogP contribution in [0.1, 0.15) is 26.2 Å². The van der Waals surface area contributed by atoms with Gasteiger partial charge in [-0.25, -0.2) is 0 Å². The fraction of sp³-hybridized carbons (Fsp3) is 0.769. The summed E-state index contributed by atoms with van der Waals surface area (Å²) in [6.07, 6.45) is 2.04. The van der Waals surface area contributed by atoms with Gasteiger partial charge in [0.1, 0.15) is 0 Å². The van der Waals surface area contributed by atoms with Crippen molar-refractivity contribution in [1.82, 2.24) is 4.90 Å². The average molecular weight is 268 g/mol. The van der Waals surface area contributed by atoms with Crippen LogP contribution in [-0.2, 0) is 19.1 Å². The van der Waals surface area contributed by atoms with Gasteiger partial charge >= 0.3 is 5.97 Å². The number of carbonyl (C=O) groups excluding carboxylic acids is 3. The molecule has 6 heteroatoms. The van der Waals surface area contributed by atoms with Crippen LogP contribution >= 0.6 is 0 Å². The summed E-state index contributed by atoms with van der Waals surface area (Å²) in [5, 5.41) is 0. The lowest BCUT2D eigenvalue weighted by Crippen LogP contribution is -2.43. The van der Waals surface area contributed by atoms with Crippen molar-refractivity contribution in [2.45, 2.75) is 26.2 Å². The number of carbonyl (C=O) groups is 3. The number of nitrogens with two attached hydrogens (primary N) is 1. The highest BCUT2D eigenvalue weighted by Gasteiger charge is 2.40. The molecule has 1 aliphatic carbocycles.